The third-order valence-corrected chi connectivity index (χ3v) is 6.01. The van der Waals surface area contributed by atoms with Gasteiger partial charge in [0.15, 0.2) is 0 Å². The van der Waals surface area contributed by atoms with Crippen molar-refractivity contribution in [3.05, 3.63) is 41.3 Å². The fourth-order valence-corrected chi connectivity index (χ4v) is 4.03. The van der Waals surface area contributed by atoms with E-state index in [-0.39, 0.29) is 41.9 Å². The Labute approximate surface area is 195 Å². The number of nitrogens with one attached hydrogen (secondary N) is 1. The first-order chi connectivity index (χ1) is 16.0. The van der Waals surface area contributed by atoms with E-state index in [0.29, 0.717) is 24.3 Å². The van der Waals surface area contributed by atoms with Gasteiger partial charge in [0.25, 0.3) is 0 Å². The van der Waals surface area contributed by atoms with Crippen LogP contribution in [0.25, 0.3) is 11.5 Å². The molecule has 1 aliphatic carbocycles. The molecule has 10 heteroatoms. The summed E-state index contributed by atoms with van der Waals surface area (Å²) in [7, 11) is 0. The molecule has 0 bridgehead atoms. The van der Waals surface area contributed by atoms with E-state index in [9.17, 15) is 27.9 Å². The Morgan fingerprint density at radius 2 is 2.03 bits per heavy atom. The van der Waals surface area contributed by atoms with E-state index in [1.54, 1.807) is 20.8 Å². The van der Waals surface area contributed by atoms with Gasteiger partial charge in [0.2, 0.25) is 11.8 Å². The second kappa shape index (κ2) is 10.6. The molecule has 2 aromatic rings. The second-order valence-electron chi connectivity index (χ2n) is 8.97. The van der Waals surface area contributed by atoms with Crippen molar-refractivity contribution in [1.29, 1.82) is 0 Å². The maximum atomic E-state index is 13.0. The van der Waals surface area contributed by atoms with Crippen LogP contribution >= 0.6 is 0 Å². The van der Waals surface area contributed by atoms with Gasteiger partial charge in [0.1, 0.15) is 17.5 Å². The summed E-state index contributed by atoms with van der Waals surface area (Å²) >= 11 is 0. The second-order valence-corrected chi connectivity index (χ2v) is 8.97. The lowest BCUT2D eigenvalue weighted by atomic mass is 9.86. The van der Waals surface area contributed by atoms with Crippen molar-refractivity contribution in [2.75, 3.05) is 0 Å². The fourth-order valence-electron chi connectivity index (χ4n) is 4.03. The number of nitrogens with zero attached hydrogens (tertiary/aromatic N) is 1. The van der Waals surface area contributed by atoms with Gasteiger partial charge >= 0.3 is 12.1 Å². The number of rotatable bonds is 8. The number of halogens is 3. The number of amides is 1. The van der Waals surface area contributed by atoms with Gasteiger partial charge in [0.05, 0.1) is 18.3 Å². The van der Waals surface area contributed by atoms with Gasteiger partial charge in [0, 0.05) is 11.5 Å². The third kappa shape index (κ3) is 6.37. The molecule has 0 spiro atoms. The molecule has 34 heavy (non-hydrogen) atoms. The zero-order chi connectivity index (χ0) is 25.0. The molecule has 1 amide bonds. The van der Waals surface area contributed by atoms with Gasteiger partial charge in [-0.05, 0) is 50.3 Å². The van der Waals surface area contributed by atoms with Crippen molar-refractivity contribution >= 4 is 11.9 Å². The lowest BCUT2D eigenvalue weighted by Gasteiger charge is -2.29. The molecule has 1 aromatic carbocycles. The van der Waals surface area contributed by atoms with Crippen molar-refractivity contribution in [2.24, 2.45) is 11.8 Å². The minimum Gasteiger partial charge on any atom is -0.480 e. The van der Waals surface area contributed by atoms with E-state index in [1.165, 1.54) is 12.1 Å². The molecule has 0 radical (unpaired) electrons. The Bertz CT molecular complexity index is 1020. The van der Waals surface area contributed by atoms with Gasteiger partial charge < -0.3 is 19.6 Å². The number of oxazole rings is 1. The van der Waals surface area contributed by atoms with Crippen molar-refractivity contribution in [2.45, 2.75) is 71.4 Å². The van der Waals surface area contributed by atoms with Crippen LogP contribution in [0.3, 0.4) is 0 Å². The lowest BCUT2D eigenvalue weighted by molar-refractivity contribution is -0.144. The van der Waals surface area contributed by atoms with Crippen molar-refractivity contribution in [1.82, 2.24) is 10.3 Å². The highest BCUT2D eigenvalue weighted by molar-refractivity contribution is 5.85. The maximum absolute atomic E-state index is 13.0. The average molecular weight is 482 g/mol. The Morgan fingerprint density at radius 3 is 2.68 bits per heavy atom. The molecular weight excluding hydrogens is 453 g/mol. The molecule has 2 N–H and O–H groups in total. The highest BCUT2D eigenvalue weighted by Crippen LogP contribution is 2.33. The van der Waals surface area contributed by atoms with Crippen LogP contribution in [0.5, 0.6) is 0 Å². The zero-order valence-corrected chi connectivity index (χ0v) is 19.3. The molecule has 0 saturated heterocycles. The van der Waals surface area contributed by atoms with Crippen LogP contribution in [0, 0.1) is 18.8 Å². The van der Waals surface area contributed by atoms with Crippen LogP contribution < -0.4 is 5.32 Å². The number of carbonyl (C=O) groups is 2. The number of carboxylic acid groups (broad SMARTS) is 1. The molecule has 1 aliphatic rings. The molecule has 0 aliphatic heterocycles. The fraction of sp³-hybridized carbons (Fsp3) is 0.542. The largest absolute Gasteiger partial charge is 0.480 e. The maximum Gasteiger partial charge on any atom is 0.416 e. The smallest absolute Gasteiger partial charge is 0.416 e. The Hall–Kier alpha value is -2.88. The van der Waals surface area contributed by atoms with Gasteiger partial charge in [-0.2, -0.15) is 13.2 Å². The molecular formula is C24H29F3N2O5. The predicted molar refractivity (Wildman–Crippen MR) is 117 cm³/mol. The molecule has 186 valence electrons. The summed E-state index contributed by atoms with van der Waals surface area (Å²) in [6.07, 6.45) is -2.08. The third-order valence-electron chi connectivity index (χ3n) is 6.01. The van der Waals surface area contributed by atoms with Crippen LogP contribution in [0.1, 0.15) is 56.5 Å². The van der Waals surface area contributed by atoms with E-state index >= 15 is 0 Å². The number of hydrogen-bond donors (Lipinski definition) is 2. The Morgan fingerprint density at radius 1 is 1.29 bits per heavy atom. The average Bonchev–Trinajstić information content (AvgIpc) is 3.15. The molecule has 2 unspecified atom stereocenters. The summed E-state index contributed by atoms with van der Waals surface area (Å²) in [5.41, 5.74) is -0.0887. The van der Waals surface area contributed by atoms with Gasteiger partial charge in [-0.3, -0.25) is 4.79 Å². The van der Waals surface area contributed by atoms with Crippen molar-refractivity contribution in [3.8, 4) is 11.5 Å². The molecule has 1 saturated carbocycles. The number of hydrogen-bond acceptors (Lipinski definition) is 5. The number of ether oxygens (including phenoxy) is 1. The number of carbonyl (C=O) groups excluding carboxylic acids is 1. The number of aryl methyl sites for hydroxylation is 1. The first kappa shape index (κ1) is 25.7. The number of aliphatic carboxylic acids is 1. The predicted octanol–water partition coefficient (Wildman–Crippen LogP) is 4.97. The standard InChI is InChI=1S/C24H29F3N2O5/c1-13(2)20(23(31)32)29-21(30)15-6-5-9-18(11-15)33-12-19-14(3)34-22(28-19)16-7-4-8-17(10-16)24(25,26)27/h4,7-8,10,13,15,18,20H,5-6,9,11-12H2,1-3H3,(H,29,30)(H,31,32)/t15?,18?,20-/m0/s1. The van der Waals surface area contributed by atoms with Gasteiger partial charge in [-0.25, -0.2) is 9.78 Å². The quantitative estimate of drug-likeness (QED) is 0.551. The summed E-state index contributed by atoms with van der Waals surface area (Å²) in [5.74, 6) is -1.42. The highest BCUT2D eigenvalue weighted by Gasteiger charge is 2.32. The van der Waals surface area contributed by atoms with E-state index < -0.39 is 23.8 Å². The van der Waals surface area contributed by atoms with E-state index in [4.69, 9.17) is 9.15 Å². The Kier molecular flexibility index (Phi) is 8.01. The summed E-state index contributed by atoms with van der Waals surface area (Å²) in [6, 6.07) is 3.83. The number of carboxylic acids is 1. The zero-order valence-electron chi connectivity index (χ0n) is 19.3. The van der Waals surface area contributed by atoms with Crippen molar-refractivity contribution in [3.63, 3.8) is 0 Å². The lowest BCUT2D eigenvalue weighted by Crippen LogP contribution is -2.47. The number of benzene rings is 1. The van der Waals surface area contributed by atoms with E-state index in [0.717, 1.165) is 25.0 Å². The summed E-state index contributed by atoms with van der Waals surface area (Å²) in [6.45, 7) is 5.23. The summed E-state index contributed by atoms with van der Waals surface area (Å²) in [4.78, 5) is 28.3. The molecule has 3 atom stereocenters. The van der Waals surface area contributed by atoms with Crippen LogP contribution in [0.2, 0.25) is 0 Å². The Balaban J connectivity index is 1.61. The number of alkyl halides is 3. The topological polar surface area (TPSA) is 102 Å². The van der Waals surface area contributed by atoms with Gasteiger partial charge in [-0.15, -0.1) is 0 Å². The first-order valence-electron chi connectivity index (χ1n) is 11.2. The summed E-state index contributed by atoms with van der Waals surface area (Å²) < 4.78 is 50.5. The minimum atomic E-state index is -4.47. The first-order valence-corrected chi connectivity index (χ1v) is 11.2. The van der Waals surface area contributed by atoms with Crippen LogP contribution in [0.15, 0.2) is 28.7 Å². The molecule has 1 fully saturated rings. The summed E-state index contributed by atoms with van der Waals surface area (Å²) in [5, 5.41) is 11.9. The van der Waals surface area contributed by atoms with Gasteiger partial charge in [-0.1, -0.05) is 26.3 Å². The highest BCUT2D eigenvalue weighted by atomic mass is 19.4. The van der Waals surface area contributed by atoms with Crippen LogP contribution in [0.4, 0.5) is 13.2 Å². The normalized spacial score (nSPS) is 19.7. The van der Waals surface area contributed by atoms with E-state index in [2.05, 4.69) is 10.3 Å². The number of aromatic nitrogens is 1. The van der Waals surface area contributed by atoms with E-state index in [1.807, 2.05) is 0 Å². The molecule has 7 nitrogen and oxygen atoms in total. The van der Waals surface area contributed by atoms with Crippen molar-refractivity contribution < 1.29 is 37.0 Å². The van der Waals surface area contributed by atoms with Crippen LogP contribution in [-0.2, 0) is 27.1 Å². The minimum absolute atomic E-state index is 0.0801. The monoisotopic (exact) mass is 482 g/mol. The SMILES string of the molecule is Cc1oc(-c2cccc(C(F)(F)F)c2)nc1COC1CCCC(C(=O)N[C@H](C(=O)O)C(C)C)C1. The molecule has 1 heterocycles. The molecule has 3 rings (SSSR count). The molecule has 1 aromatic heterocycles. The van der Waals surface area contributed by atoms with Crippen LogP contribution in [-0.4, -0.2) is 34.1 Å².